The number of hydrogen-bond acceptors (Lipinski definition) is 5. The van der Waals surface area contributed by atoms with Gasteiger partial charge in [-0.25, -0.2) is 4.79 Å². The Hall–Kier alpha value is -2.74. The third-order valence-corrected chi connectivity index (χ3v) is 5.56. The number of nitrogens with zero attached hydrogens (tertiary/aromatic N) is 1. The minimum absolute atomic E-state index is 0.0411. The number of carbonyl (C=O) groups excluding carboxylic acids is 2. The first-order chi connectivity index (χ1) is 19.1. The van der Waals surface area contributed by atoms with Crippen molar-refractivity contribution in [2.45, 2.75) is 101 Å². The average molecular weight is 565 g/mol. The highest BCUT2D eigenvalue weighted by molar-refractivity contribution is 5.78. The van der Waals surface area contributed by atoms with Crippen LogP contribution in [-0.4, -0.2) is 56.5 Å². The molecule has 2 amide bonds. The molecule has 0 aliphatic heterocycles. The summed E-state index contributed by atoms with van der Waals surface area (Å²) >= 11 is 0. The van der Waals surface area contributed by atoms with E-state index in [1.807, 2.05) is 27.7 Å². The summed E-state index contributed by atoms with van der Waals surface area (Å²) in [5, 5.41) is 8.88. The van der Waals surface area contributed by atoms with Gasteiger partial charge in [0.2, 0.25) is 5.91 Å². The van der Waals surface area contributed by atoms with Crippen molar-refractivity contribution in [3.63, 3.8) is 0 Å². The van der Waals surface area contributed by atoms with E-state index >= 15 is 0 Å². The summed E-state index contributed by atoms with van der Waals surface area (Å²) < 4.78 is 12.0. The first kappa shape index (κ1) is 39.4. The molecular formula is C32H60N4O4. The fourth-order valence-corrected chi connectivity index (χ4v) is 3.60. The normalized spacial score (nSPS) is 14.4. The zero-order chi connectivity index (χ0) is 30.9. The molecule has 1 aromatic rings. The summed E-state index contributed by atoms with van der Waals surface area (Å²) in [5.41, 5.74) is 3.68. The van der Waals surface area contributed by atoms with Crippen molar-refractivity contribution in [1.82, 2.24) is 20.5 Å². The Kier molecular flexibility index (Phi) is 24.9. The number of methoxy groups -OCH3 is 2. The van der Waals surface area contributed by atoms with Gasteiger partial charge in [-0.15, -0.1) is 0 Å². The Morgan fingerprint density at radius 3 is 2.20 bits per heavy atom. The molecule has 3 N–H and O–H groups in total. The monoisotopic (exact) mass is 564 g/mol. The second-order valence-electron chi connectivity index (χ2n) is 9.99. The Bertz CT molecular complexity index is 843. The van der Waals surface area contributed by atoms with Gasteiger partial charge in [0.25, 0.3) is 0 Å². The summed E-state index contributed by atoms with van der Waals surface area (Å²) in [6.45, 7) is 20.9. The first-order valence-electron chi connectivity index (χ1n) is 15.1. The molecule has 1 aromatic heterocycles. The van der Waals surface area contributed by atoms with Gasteiger partial charge in [0.1, 0.15) is 0 Å². The average Bonchev–Trinajstić information content (AvgIpc) is 3.38. The SMILES string of the molecule is CC.CC(C)C.CCCNC1=CC(OC)CC=C1n1ccc(C)c1.CCNC(=O)C(CC)CCCNC(=O)OC. The van der Waals surface area contributed by atoms with Crippen LogP contribution in [0.1, 0.15) is 93.1 Å². The summed E-state index contributed by atoms with van der Waals surface area (Å²) in [5.74, 6) is 0.975. The van der Waals surface area contributed by atoms with Crippen LogP contribution in [0.5, 0.6) is 0 Å². The Labute approximate surface area is 245 Å². The van der Waals surface area contributed by atoms with E-state index in [0.717, 1.165) is 44.6 Å². The Morgan fingerprint density at radius 1 is 1.07 bits per heavy atom. The molecule has 2 unspecified atom stereocenters. The van der Waals surface area contributed by atoms with Crippen LogP contribution in [0.4, 0.5) is 4.79 Å². The van der Waals surface area contributed by atoms with Crippen LogP contribution in [-0.2, 0) is 14.3 Å². The molecule has 8 nitrogen and oxygen atoms in total. The quantitative estimate of drug-likeness (QED) is 0.240. The molecule has 1 heterocycles. The van der Waals surface area contributed by atoms with E-state index in [2.05, 4.69) is 90.5 Å². The number of rotatable bonds is 12. The van der Waals surface area contributed by atoms with Crippen LogP contribution in [0.2, 0.25) is 0 Å². The Balaban J connectivity index is 0. The van der Waals surface area contributed by atoms with Gasteiger partial charge in [0.15, 0.2) is 0 Å². The van der Waals surface area contributed by atoms with Crippen molar-refractivity contribution in [2.75, 3.05) is 33.9 Å². The van der Waals surface area contributed by atoms with Crippen LogP contribution < -0.4 is 16.0 Å². The van der Waals surface area contributed by atoms with Crippen molar-refractivity contribution in [3.8, 4) is 0 Å². The predicted octanol–water partition coefficient (Wildman–Crippen LogP) is 6.91. The van der Waals surface area contributed by atoms with E-state index in [4.69, 9.17) is 4.74 Å². The second kappa shape index (κ2) is 25.2. The van der Waals surface area contributed by atoms with E-state index in [-0.39, 0.29) is 17.9 Å². The largest absolute Gasteiger partial charge is 0.453 e. The molecule has 0 aromatic carbocycles. The van der Waals surface area contributed by atoms with Crippen molar-refractivity contribution in [3.05, 3.63) is 41.9 Å². The fraction of sp³-hybridized carbons (Fsp3) is 0.688. The van der Waals surface area contributed by atoms with Crippen LogP contribution >= 0.6 is 0 Å². The molecule has 1 aliphatic rings. The second-order valence-corrected chi connectivity index (χ2v) is 9.99. The highest BCUT2D eigenvalue weighted by Crippen LogP contribution is 2.23. The number of ether oxygens (including phenoxy) is 2. The van der Waals surface area contributed by atoms with Crippen molar-refractivity contribution >= 4 is 17.7 Å². The lowest BCUT2D eigenvalue weighted by Crippen LogP contribution is -2.31. The zero-order valence-electron chi connectivity index (χ0n) is 27.4. The maximum atomic E-state index is 11.5. The molecule has 40 heavy (non-hydrogen) atoms. The molecule has 0 saturated heterocycles. The first-order valence-corrected chi connectivity index (χ1v) is 15.1. The number of aromatic nitrogens is 1. The van der Waals surface area contributed by atoms with Gasteiger partial charge in [-0.2, -0.15) is 0 Å². The third-order valence-electron chi connectivity index (χ3n) is 5.56. The smallest absolute Gasteiger partial charge is 0.406 e. The molecule has 0 spiro atoms. The molecule has 0 radical (unpaired) electrons. The number of allylic oxidation sites excluding steroid dienone is 1. The molecule has 2 atom stereocenters. The molecule has 0 bridgehead atoms. The number of hydrogen-bond donors (Lipinski definition) is 3. The number of carbonyl (C=O) groups is 2. The van der Waals surface area contributed by atoms with Crippen LogP contribution in [0.25, 0.3) is 5.70 Å². The van der Waals surface area contributed by atoms with Gasteiger partial charge in [-0.1, -0.05) is 54.5 Å². The van der Waals surface area contributed by atoms with Gasteiger partial charge in [-0.05, 0) is 69.6 Å². The van der Waals surface area contributed by atoms with Gasteiger partial charge in [0, 0.05) is 45.1 Å². The van der Waals surface area contributed by atoms with Crippen molar-refractivity contribution < 1.29 is 19.1 Å². The van der Waals surface area contributed by atoms with E-state index in [1.165, 1.54) is 24.1 Å². The fourth-order valence-electron chi connectivity index (χ4n) is 3.60. The topological polar surface area (TPSA) is 93.6 Å². The van der Waals surface area contributed by atoms with Crippen LogP contribution in [0, 0.1) is 18.8 Å². The predicted molar refractivity (Wildman–Crippen MR) is 169 cm³/mol. The van der Waals surface area contributed by atoms with Gasteiger partial charge in [-0.3, -0.25) is 4.79 Å². The summed E-state index contributed by atoms with van der Waals surface area (Å²) in [7, 11) is 3.09. The summed E-state index contributed by atoms with van der Waals surface area (Å²) in [6.07, 6.45) is 12.9. The number of alkyl carbamates (subject to hydrolysis) is 1. The van der Waals surface area contributed by atoms with E-state index < -0.39 is 6.09 Å². The minimum atomic E-state index is -0.425. The van der Waals surface area contributed by atoms with E-state index in [0.29, 0.717) is 13.1 Å². The molecule has 2 rings (SSSR count). The standard InChI is InChI=1S/C15H22N2O.C11H22N2O3.C4H10.C2H6/c1-4-8-16-14-10-13(18-3)5-6-15(14)17-9-7-12(2)11-17;1-4-9(10(14)12-5-2)7-6-8-13-11(15)16-3;1-4(2)3;1-2/h6-7,9-11,13,16H,4-5,8H2,1-3H3;9H,4-8H2,1-3H3,(H,12,14)(H,13,15);4H,1-3H3;1-2H3. The Morgan fingerprint density at radius 2 is 1.73 bits per heavy atom. The molecule has 232 valence electrons. The minimum Gasteiger partial charge on any atom is -0.453 e. The molecule has 0 fully saturated rings. The number of amides is 2. The van der Waals surface area contributed by atoms with Gasteiger partial charge < -0.3 is 30.0 Å². The van der Waals surface area contributed by atoms with Crippen molar-refractivity contribution in [1.29, 1.82) is 0 Å². The van der Waals surface area contributed by atoms with E-state index in [1.54, 1.807) is 7.11 Å². The maximum Gasteiger partial charge on any atom is 0.406 e. The maximum absolute atomic E-state index is 11.5. The number of nitrogens with one attached hydrogen (secondary N) is 3. The third kappa shape index (κ3) is 18.5. The molecular weight excluding hydrogens is 504 g/mol. The summed E-state index contributed by atoms with van der Waals surface area (Å²) in [6, 6.07) is 2.13. The van der Waals surface area contributed by atoms with Crippen molar-refractivity contribution in [2.24, 2.45) is 11.8 Å². The lowest BCUT2D eigenvalue weighted by molar-refractivity contribution is -0.125. The number of aryl methyl sites for hydroxylation is 1. The highest BCUT2D eigenvalue weighted by Gasteiger charge is 2.16. The molecule has 1 aliphatic carbocycles. The zero-order valence-corrected chi connectivity index (χ0v) is 27.4. The van der Waals surface area contributed by atoms with Crippen LogP contribution in [0.15, 0.2) is 36.3 Å². The molecule has 8 heteroatoms. The lowest BCUT2D eigenvalue weighted by atomic mass is 9.99. The van der Waals surface area contributed by atoms with E-state index in [9.17, 15) is 9.59 Å². The summed E-state index contributed by atoms with van der Waals surface area (Å²) in [4.78, 5) is 22.3. The van der Waals surface area contributed by atoms with Crippen LogP contribution in [0.3, 0.4) is 0 Å². The lowest BCUT2D eigenvalue weighted by Gasteiger charge is -2.23. The van der Waals surface area contributed by atoms with Gasteiger partial charge in [0.05, 0.1) is 24.6 Å². The molecule has 0 saturated carbocycles. The van der Waals surface area contributed by atoms with Gasteiger partial charge >= 0.3 is 6.09 Å². The highest BCUT2D eigenvalue weighted by atomic mass is 16.5.